The van der Waals surface area contributed by atoms with E-state index in [1.807, 2.05) is 37.4 Å². The van der Waals surface area contributed by atoms with Crippen LogP contribution in [0.5, 0.6) is 0 Å². The standard InChI is InChI=1S/C18H24ClN3OS/c1-21(13-16-7-8-17(19)24-16)18(23)14-22(12-10-20)11-9-15-5-3-2-4-6-15/h2-8H,9-14,20H2,1H3. The zero-order valence-electron chi connectivity index (χ0n) is 14.0. The Kier molecular flexibility index (Phi) is 7.72. The van der Waals surface area contributed by atoms with E-state index in [2.05, 4.69) is 17.0 Å². The third-order valence-corrected chi connectivity index (χ3v) is 5.03. The molecule has 4 nitrogen and oxygen atoms in total. The SMILES string of the molecule is CN(Cc1ccc(Cl)s1)C(=O)CN(CCN)CCc1ccccc1. The Bertz CT molecular complexity index is 632. The van der Waals surface area contributed by atoms with Crippen molar-refractivity contribution in [2.75, 3.05) is 33.2 Å². The molecule has 0 aliphatic carbocycles. The van der Waals surface area contributed by atoms with E-state index in [1.165, 1.54) is 16.9 Å². The van der Waals surface area contributed by atoms with Crippen molar-refractivity contribution in [3.05, 3.63) is 57.2 Å². The predicted octanol–water partition coefficient (Wildman–Crippen LogP) is 2.86. The molecule has 2 aromatic rings. The number of thiophene rings is 1. The van der Waals surface area contributed by atoms with Gasteiger partial charge in [0.2, 0.25) is 5.91 Å². The lowest BCUT2D eigenvalue weighted by molar-refractivity contribution is -0.131. The van der Waals surface area contributed by atoms with E-state index in [-0.39, 0.29) is 5.91 Å². The quantitative estimate of drug-likeness (QED) is 0.743. The van der Waals surface area contributed by atoms with Crippen LogP contribution in [-0.2, 0) is 17.8 Å². The van der Waals surface area contributed by atoms with Crippen molar-refractivity contribution in [3.63, 3.8) is 0 Å². The van der Waals surface area contributed by atoms with Gasteiger partial charge in [0.1, 0.15) is 0 Å². The van der Waals surface area contributed by atoms with E-state index in [0.29, 0.717) is 19.6 Å². The van der Waals surface area contributed by atoms with E-state index in [1.54, 1.807) is 4.90 Å². The molecule has 1 aromatic heterocycles. The first-order chi connectivity index (χ1) is 11.6. The maximum absolute atomic E-state index is 12.5. The fourth-order valence-corrected chi connectivity index (χ4v) is 3.60. The molecule has 130 valence electrons. The molecule has 0 unspecified atom stereocenters. The second-order valence-corrected chi connectivity index (χ2v) is 7.56. The number of halogens is 1. The van der Waals surface area contributed by atoms with Crippen LogP contribution >= 0.6 is 22.9 Å². The largest absolute Gasteiger partial charge is 0.340 e. The molecule has 1 heterocycles. The normalized spacial score (nSPS) is 11.0. The highest BCUT2D eigenvalue weighted by Gasteiger charge is 2.15. The van der Waals surface area contributed by atoms with Gasteiger partial charge in [0.05, 0.1) is 17.4 Å². The summed E-state index contributed by atoms with van der Waals surface area (Å²) in [5.74, 6) is 0.0982. The van der Waals surface area contributed by atoms with Crippen LogP contribution in [0, 0.1) is 0 Å². The number of hydrogen-bond donors (Lipinski definition) is 1. The Hall–Kier alpha value is -1.40. The Balaban J connectivity index is 1.85. The van der Waals surface area contributed by atoms with Crippen LogP contribution in [0.2, 0.25) is 4.34 Å². The van der Waals surface area contributed by atoms with Gasteiger partial charge in [0.25, 0.3) is 0 Å². The van der Waals surface area contributed by atoms with Crippen molar-refractivity contribution in [2.45, 2.75) is 13.0 Å². The highest BCUT2D eigenvalue weighted by molar-refractivity contribution is 7.16. The van der Waals surface area contributed by atoms with Crippen LogP contribution in [-0.4, -0.2) is 48.9 Å². The average Bonchev–Trinajstić information content (AvgIpc) is 2.98. The van der Waals surface area contributed by atoms with Crippen LogP contribution in [0.1, 0.15) is 10.4 Å². The third kappa shape index (κ3) is 6.24. The first-order valence-corrected chi connectivity index (χ1v) is 9.22. The first kappa shape index (κ1) is 18.9. The van der Waals surface area contributed by atoms with Crippen molar-refractivity contribution in [1.82, 2.24) is 9.80 Å². The van der Waals surface area contributed by atoms with Crippen molar-refractivity contribution in [3.8, 4) is 0 Å². The van der Waals surface area contributed by atoms with Crippen LogP contribution in [0.25, 0.3) is 0 Å². The summed E-state index contributed by atoms with van der Waals surface area (Å²) in [6, 6.07) is 14.1. The Morgan fingerprint density at radius 3 is 2.54 bits per heavy atom. The van der Waals surface area contributed by atoms with E-state index in [9.17, 15) is 4.79 Å². The van der Waals surface area contributed by atoms with E-state index in [0.717, 1.165) is 28.7 Å². The highest BCUT2D eigenvalue weighted by Crippen LogP contribution is 2.22. The smallest absolute Gasteiger partial charge is 0.236 e. The van der Waals surface area contributed by atoms with Gasteiger partial charge in [-0.3, -0.25) is 9.69 Å². The van der Waals surface area contributed by atoms with Gasteiger partial charge in [-0.05, 0) is 24.1 Å². The van der Waals surface area contributed by atoms with Crippen molar-refractivity contribution in [1.29, 1.82) is 0 Å². The molecule has 0 spiro atoms. The molecular weight excluding hydrogens is 342 g/mol. The highest BCUT2D eigenvalue weighted by atomic mass is 35.5. The number of amides is 1. The molecule has 2 rings (SSSR count). The summed E-state index contributed by atoms with van der Waals surface area (Å²) in [5, 5.41) is 0. The number of benzene rings is 1. The van der Waals surface area contributed by atoms with E-state index in [4.69, 9.17) is 17.3 Å². The molecule has 0 atom stereocenters. The summed E-state index contributed by atoms with van der Waals surface area (Å²) in [6.07, 6.45) is 0.915. The molecule has 1 amide bonds. The number of likely N-dealkylation sites (N-methyl/N-ethyl adjacent to an activating group) is 1. The van der Waals surface area contributed by atoms with Crippen LogP contribution < -0.4 is 5.73 Å². The second-order valence-electron chi connectivity index (χ2n) is 5.76. The number of nitrogens with two attached hydrogens (primary N) is 1. The van der Waals surface area contributed by atoms with Crippen molar-refractivity contribution in [2.24, 2.45) is 5.73 Å². The van der Waals surface area contributed by atoms with Gasteiger partial charge < -0.3 is 10.6 Å². The number of nitrogens with zero attached hydrogens (tertiary/aromatic N) is 2. The Morgan fingerprint density at radius 1 is 1.17 bits per heavy atom. The fourth-order valence-electron chi connectivity index (χ4n) is 2.46. The minimum absolute atomic E-state index is 0.0982. The number of carbonyl (C=O) groups is 1. The molecule has 0 saturated heterocycles. The number of hydrogen-bond acceptors (Lipinski definition) is 4. The van der Waals surface area contributed by atoms with E-state index < -0.39 is 0 Å². The minimum Gasteiger partial charge on any atom is -0.340 e. The Labute approximate surface area is 152 Å². The molecule has 6 heteroatoms. The van der Waals surface area contributed by atoms with Crippen molar-refractivity contribution >= 4 is 28.8 Å². The van der Waals surface area contributed by atoms with Crippen molar-refractivity contribution < 1.29 is 4.79 Å². The molecule has 0 fully saturated rings. The van der Waals surface area contributed by atoms with Crippen LogP contribution in [0.15, 0.2) is 42.5 Å². The number of carbonyl (C=O) groups excluding carboxylic acids is 1. The maximum atomic E-state index is 12.5. The Morgan fingerprint density at radius 2 is 1.92 bits per heavy atom. The first-order valence-electron chi connectivity index (χ1n) is 8.03. The average molecular weight is 366 g/mol. The monoisotopic (exact) mass is 365 g/mol. The molecule has 0 bridgehead atoms. The molecule has 0 aliphatic heterocycles. The summed E-state index contributed by atoms with van der Waals surface area (Å²) in [4.78, 5) is 17.4. The minimum atomic E-state index is 0.0982. The lowest BCUT2D eigenvalue weighted by Gasteiger charge is -2.24. The number of rotatable bonds is 9. The summed E-state index contributed by atoms with van der Waals surface area (Å²) >= 11 is 7.45. The third-order valence-electron chi connectivity index (χ3n) is 3.81. The van der Waals surface area contributed by atoms with Gasteiger partial charge in [-0.15, -0.1) is 11.3 Å². The topological polar surface area (TPSA) is 49.6 Å². The summed E-state index contributed by atoms with van der Waals surface area (Å²) in [6.45, 7) is 3.07. The summed E-state index contributed by atoms with van der Waals surface area (Å²) in [5.41, 5.74) is 6.97. The predicted molar refractivity (Wildman–Crippen MR) is 101 cm³/mol. The van der Waals surface area contributed by atoms with Gasteiger partial charge in [-0.1, -0.05) is 41.9 Å². The molecule has 0 saturated carbocycles. The van der Waals surface area contributed by atoms with Gasteiger partial charge in [-0.25, -0.2) is 0 Å². The molecule has 0 radical (unpaired) electrons. The van der Waals surface area contributed by atoms with Gasteiger partial charge in [0.15, 0.2) is 0 Å². The second kappa shape index (κ2) is 9.79. The van der Waals surface area contributed by atoms with E-state index >= 15 is 0 Å². The molecule has 0 aliphatic rings. The van der Waals surface area contributed by atoms with Gasteiger partial charge in [0, 0.05) is 31.6 Å². The summed E-state index contributed by atoms with van der Waals surface area (Å²) in [7, 11) is 1.83. The lowest BCUT2D eigenvalue weighted by Crippen LogP contribution is -2.41. The van der Waals surface area contributed by atoms with Crippen LogP contribution in [0.3, 0.4) is 0 Å². The lowest BCUT2D eigenvalue weighted by atomic mass is 10.1. The fraction of sp³-hybridized carbons (Fsp3) is 0.389. The van der Waals surface area contributed by atoms with Gasteiger partial charge >= 0.3 is 0 Å². The van der Waals surface area contributed by atoms with Crippen LogP contribution in [0.4, 0.5) is 0 Å². The molecule has 2 N–H and O–H groups in total. The molecule has 1 aromatic carbocycles. The zero-order valence-corrected chi connectivity index (χ0v) is 15.5. The molecular formula is C18H24ClN3OS. The maximum Gasteiger partial charge on any atom is 0.236 e. The molecule has 24 heavy (non-hydrogen) atoms. The summed E-state index contributed by atoms with van der Waals surface area (Å²) < 4.78 is 0.749. The van der Waals surface area contributed by atoms with Gasteiger partial charge in [-0.2, -0.15) is 0 Å². The zero-order chi connectivity index (χ0) is 17.4.